The molecule has 0 spiro atoms. The van der Waals surface area contributed by atoms with Crippen molar-refractivity contribution in [3.63, 3.8) is 0 Å². The van der Waals surface area contributed by atoms with Gasteiger partial charge in [0.1, 0.15) is 6.33 Å². The van der Waals surface area contributed by atoms with E-state index in [-0.39, 0.29) is 5.49 Å². The molecule has 6 nitrogen and oxygen atoms in total. The van der Waals surface area contributed by atoms with Gasteiger partial charge in [-0.3, -0.25) is 5.41 Å². The lowest BCUT2D eigenvalue weighted by atomic mass is 10.1. The number of nitrogens with two attached hydrogens (primary N) is 1. The number of aromatic nitrogens is 4. The Kier molecular flexibility index (Phi) is 2.38. The normalized spacial score (nSPS) is 11.1. The monoisotopic (exact) mass is 254 g/mol. The predicted molar refractivity (Wildman–Crippen MR) is 72.3 cm³/mol. The largest absolute Gasteiger partial charge is 0.336 e. The van der Waals surface area contributed by atoms with Crippen molar-refractivity contribution in [3.05, 3.63) is 47.3 Å². The van der Waals surface area contributed by atoms with Gasteiger partial charge in [0.25, 0.3) is 0 Å². The zero-order valence-electron chi connectivity index (χ0n) is 10.8. The van der Waals surface area contributed by atoms with Gasteiger partial charge in [0.2, 0.25) is 0 Å². The summed E-state index contributed by atoms with van der Waals surface area (Å²) in [6, 6.07) is 6.18. The zero-order valence-corrected chi connectivity index (χ0v) is 10.8. The Morgan fingerprint density at radius 1 is 1.16 bits per heavy atom. The first-order valence-corrected chi connectivity index (χ1v) is 5.90. The van der Waals surface area contributed by atoms with Crippen LogP contribution >= 0.6 is 0 Å². The molecule has 3 aromatic rings. The van der Waals surface area contributed by atoms with Gasteiger partial charge in [0.05, 0.1) is 17.3 Å². The van der Waals surface area contributed by atoms with E-state index >= 15 is 0 Å². The predicted octanol–water partition coefficient (Wildman–Crippen LogP) is 1.03. The van der Waals surface area contributed by atoms with Crippen molar-refractivity contribution in [3.8, 4) is 5.69 Å². The van der Waals surface area contributed by atoms with Crippen molar-refractivity contribution < 1.29 is 0 Å². The van der Waals surface area contributed by atoms with Gasteiger partial charge in [-0.2, -0.15) is 5.10 Å². The van der Waals surface area contributed by atoms with E-state index in [9.17, 15) is 0 Å². The molecule has 6 heteroatoms. The van der Waals surface area contributed by atoms with Crippen LogP contribution in [0.15, 0.2) is 30.7 Å². The smallest absolute Gasteiger partial charge is 0.168 e. The fourth-order valence-corrected chi connectivity index (χ4v) is 2.21. The molecule has 0 amide bonds. The topological polar surface area (TPSA) is 85.5 Å². The van der Waals surface area contributed by atoms with Gasteiger partial charge in [-0.15, -0.1) is 0 Å². The molecule has 0 aliphatic rings. The number of hydrogen-bond donors (Lipinski definition) is 2. The number of hydrogen-bond acceptors (Lipinski definition) is 4. The van der Waals surface area contributed by atoms with E-state index in [1.165, 1.54) is 11.0 Å². The summed E-state index contributed by atoms with van der Waals surface area (Å²) in [7, 11) is 0. The first-order valence-electron chi connectivity index (χ1n) is 5.90. The number of nitrogens with one attached hydrogen (secondary N) is 1. The fraction of sp³-hybridized carbons (Fsp3) is 0.154. The highest BCUT2D eigenvalue weighted by Crippen LogP contribution is 2.16. The quantitative estimate of drug-likeness (QED) is 0.636. The number of fused-ring (bicyclic) bond motifs is 1. The standard InChI is InChI=1S/C13H14N6/c1-8-3-9(2)5-10(4-8)19-13-11(6-17-19)12(14)18(15)7-16-13/h3-7,14H,15H2,1-2H3. The molecule has 0 saturated heterocycles. The minimum atomic E-state index is 0.195. The van der Waals surface area contributed by atoms with Gasteiger partial charge >= 0.3 is 0 Å². The molecule has 1 aromatic carbocycles. The van der Waals surface area contributed by atoms with E-state index in [0.717, 1.165) is 16.8 Å². The summed E-state index contributed by atoms with van der Waals surface area (Å²) >= 11 is 0. The molecule has 96 valence electrons. The Morgan fingerprint density at radius 3 is 2.53 bits per heavy atom. The van der Waals surface area contributed by atoms with Crippen LogP contribution in [-0.2, 0) is 0 Å². The van der Waals surface area contributed by atoms with Crippen LogP contribution in [0.2, 0.25) is 0 Å². The van der Waals surface area contributed by atoms with Crippen molar-refractivity contribution in [2.45, 2.75) is 13.8 Å². The SMILES string of the molecule is Cc1cc(C)cc(-n2ncc3c(=N)n(N)cnc32)c1. The van der Waals surface area contributed by atoms with Crippen LogP contribution in [0.4, 0.5) is 0 Å². The van der Waals surface area contributed by atoms with Gasteiger partial charge in [-0.25, -0.2) is 14.3 Å². The highest BCUT2D eigenvalue weighted by atomic mass is 15.3. The lowest BCUT2D eigenvalue weighted by Gasteiger charge is -2.06. The molecule has 0 aliphatic carbocycles. The average Bonchev–Trinajstić information content (AvgIpc) is 2.77. The maximum Gasteiger partial charge on any atom is 0.168 e. The molecule has 0 bridgehead atoms. The third kappa shape index (κ3) is 1.77. The third-order valence-electron chi connectivity index (χ3n) is 3.01. The molecule has 0 saturated carbocycles. The first kappa shape index (κ1) is 11.5. The van der Waals surface area contributed by atoms with Crippen LogP contribution in [-0.4, -0.2) is 19.4 Å². The molecule has 3 N–H and O–H groups in total. The summed E-state index contributed by atoms with van der Waals surface area (Å²) < 4.78 is 2.91. The zero-order chi connectivity index (χ0) is 13.6. The molecule has 2 aromatic heterocycles. The number of aryl methyl sites for hydroxylation is 2. The summed E-state index contributed by atoms with van der Waals surface area (Å²) in [5.41, 5.74) is 4.09. The molecule has 0 aliphatic heterocycles. The van der Waals surface area contributed by atoms with Crippen molar-refractivity contribution in [1.82, 2.24) is 19.4 Å². The minimum absolute atomic E-state index is 0.195. The van der Waals surface area contributed by atoms with Crippen LogP contribution in [0.5, 0.6) is 0 Å². The molecule has 0 fully saturated rings. The van der Waals surface area contributed by atoms with Gasteiger partial charge in [0, 0.05) is 0 Å². The number of rotatable bonds is 1. The van der Waals surface area contributed by atoms with E-state index < -0.39 is 0 Å². The Labute approximate surface area is 109 Å². The Hall–Kier alpha value is -2.63. The van der Waals surface area contributed by atoms with Gasteiger partial charge in [-0.05, 0) is 37.1 Å². The lowest BCUT2D eigenvalue weighted by molar-refractivity contribution is 0.850. The van der Waals surface area contributed by atoms with E-state index in [1.807, 2.05) is 26.0 Å². The van der Waals surface area contributed by atoms with E-state index in [0.29, 0.717) is 11.0 Å². The molecule has 3 rings (SSSR count). The van der Waals surface area contributed by atoms with E-state index in [2.05, 4.69) is 16.1 Å². The van der Waals surface area contributed by atoms with E-state index in [4.69, 9.17) is 11.3 Å². The summed E-state index contributed by atoms with van der Waals surface area (Å²) in [5, 5.41) is 12.8. The second kappa shape index (κ2) is 3.94. The Bertz CT molecular complexity index is 807. The third-order valence-corrected chi connectivity index (χ3v) is 3.01. The molecule has 19 heavy (non-hydrogen) atoms. The summed E-state index contributed by atoms with van der Waals surface area (Å²) in [5.74, 6) is 5.61. The summed E-state index contributed by atoms with van der Waals surface area (Å²) in [6.07, 6.45) is 3.04. The van der Waals surface area contributed by atoms with Gasteiger partial charge in [-0.1, -0.05) is 6.07 Å². The number of nitrogen functional groups attached to an aromatic ring is 1. The first-order chi connectivity index (χ1) is 9.06. The number of benzene rings is 1. The van der Waals surface area contributed by atoms with Crippen LogP contribution < -0.4 is 11.3 Å². The maximum atomic E-state index is 7.89. The lowest BCUT2D eigenvalue weighted by Crippen LogP contribution is -2.27. The number of nitrogens with zero attached hydrogens (tertiary/aromatic N) is 4. The van der Waals surface area contributed by atoms with Crippen LogP contribution in [0.25, 0.3) is 16.7 Å². The van der Waals surface area contributed by atoms with Gasteiger partial charge in [0.15, 0.2) is 11.1 Å². The molecule has 0 radical (unpaired) electrons. The highest BCUT2D eigenvalue weighted by molar-refractivity contribution is 5.74. The van der Waals surface area contributed by atoms with Crippen molar-refractivity contribution in [2.75, 3.05) is 5.84 Å². The minimum Gasteiger partial charge on any atom is -0.336 e. The molecule has 2 heterocycles. The second-order valence-electron chi connectivity index (χ2n) is 4.64. The molecule has 0 unspecified atom stereocenters. The van der Waals surface area contributed by atoms with Crippen LogP contribution in [0.3, 0.4) is 0 Å². The fourth-order valence-electron chi connectivity index (χ4n) is 2.21. The van der Waals surface area contributed by atoms with Crippen molar-refractivity contribution >= 4 is 11.0 Å². The van der Waals surface area contributed by atoms with Gasteiger partial charge < -0.3 is 5.84 Å². The van der Waals surface area contributed by atoms with Crippen molar-refractivity contribution in [2.24, 2.45) is 0 Å². The van der Waals surface area contributed by atoms with Crippen molar-refractivity contribution in [1.29, 1.82) is 5.41 Å². The molecular weight excluding hydrogens is 240 g/mol. The Morgan fingerprint density at radius 2 is 1.84 bits per heavy atom. The second-order valence-corrected chi connectivity index (χ2v) is 4.64. The van der Waals surface area contributed by atoms with Crippen LogP contribution in [0, 0.1) is 19.3 Å². The summed E-state index contributed by atoms with van der Waals surface area (Å²) in [4.78, 5) is 4.26. The van der Waals surface area contributed by atoms with E-state index in [1.54, 1.807) is 10.9 Å². The average molecular weight is 254 g/mol. The summed E-state index contributed by atoms with van der Waals surface area (Å²) in [6.45, 7) is 4.08. The molecule has 0 atom stereocenters. The highest BCUT2D eigenvalue weighted by Gasteiger charge is 2.09. The Balaban J connectivity index is 2.32. The molecular formula is C13H14N6. The maximum absolute atomic E-state index is 7.89. The van der Waals surface area contributed by atoms with Crippen LogP contribution in [0.1, 0.15) is 11.1 Å².